The smallest absolute Gasteiger partial charge is 0.251 e. The van der Waals surface area contributed by atoms with Gasteiger partial charge >= 0.3 is 0 Å². The van der Waals surface area contributed by atoms with E-state index in [4.69, 9.17) is 4.74 Å². The van der Waals surface area contributed by atoms with Crippen LogP contribution in [0.25, 0.3) is 0 Å². The number of benzene rings is 2. The summed E-state index contributed by atoms with van der Waals surface area (Å²) >= 11 is 0. The van der Waals surface area contributed by atoms with Crippen molar-refractivity contribution in [2.45, 2.75) is 38.1 Å². The van der Waals surface area contributed by atoms with Gasteiger partial charge in [-0.15, -0.1) is 0 Å². The summed E-state index contributed by atoms with van der Waals surface area (Å²) in [5.74, 6) is 0.649. The molecule has 1 saturated heterocycles. The second kappa shape index (κ2) is 9.28. The number of carbonyl (C=O) groups excluding carboxylic acids is 2. The SMILES string of the molecule is O=C(NC1CC1)c1ccc(OC[C@H]2CCCN(C(=O)Cc3cccc(F)c3)C2)cc1. The molecule has 2 aromatic carbocycles. The van der Waals surface area contributed by atoms with Crippen molar-refractivity contribution in [1.82, 2.24) is 10.2 Å². The molecule has 2 aromatic rings. The molecule has 0 bridgehead atoms. The second-order valence-electron chi connectivity index (χ2n) is 8.24. The Balaban J connectivity index is 1.25. The third-order valence-electron chi connectivity index (χ3n) is 5.63. The van der Waals surface area contributed by atoms with Crippen molar-refractivity contribution in [3.63, 3.8) is 0 Å². The molecule has 1 heterocycles. The van der Waals surface area contributed by atoms with Gasteiger partial charge < -0.3 is 15.0 Å². The highest BCUT2D eigenvalue weighted by molar-refractivity contribution is 5.94. The van der Waals surface area contributed by atoms with Crippen molar-refractivity contribution in [2.75, 3.05) is 19.7 Å². The van der Waals surface area contributed by atoms with E-state index in [1.807, 2.05) is 17.0 Å². The standard InChI is InChI=1S/C24H27FN2O3/c25-20-5-1-3-17(13-20)14-23(28)27-12-2-4-18(15-27)16-30-22-10-6-19(7-11-22)24(29)26-21-8-9-21/h1,3,5-7,10-11,13,18,21H,2,4,8-9,12,14-16H2,(H,26,29)/t18-/m0/s1. The maximum Gasteiger partial charge on any atom is 0.251 e. The number of ether oxygens (including phenoxy) is 1. The molecule has 1 saturated carbocycles. The summed E-state index contributed by atoms with van der Waals surface area (Å²) in [4.78, 5) is 26.5. The third-order valence-corrected chi connectivity index (χ3v) is 5.63. The van der Waals surface area contributed by atoms with Gasteiger partial charge in [0.2, 0.25) is 5.91 Å². The van der Waals surface area contributed by atoms with Gasteiger partial charge in [-0.1, -0.05) is 12.1 Å². The topological polar surface area (TPSA) is 58.6 Å². The van der Waals surface area contributed by atoms with Gasteiger partial charge in [0.1, 0.15) is 11.6 Å². The highest BCUT2D eigenvalue weighted by Crippen LogP contribution is 2.22. The van der Waals surface area contributed by atoms with Crippen LogP contribution in [0.2, 0.25) is 0 Å². The summed E-state index contributed by atoms with van der Waals surface area (Å²) in [5, 5.41) is 2.97. The van der Waals surface area contributed by atoms with Crippen molar-refractivity contribution in [3.8, 4) is 5.75 Å². The number of hydrogen-bond acceptors (Lipinski definition) is 3. The molecular formula is C24H27FN2O3. The average Bonchev–Trinajstić information content (AvgIpc) is 3.57. The predicted octanol–water partition coefficient (Wildman–Crippen LogP) is 3.58. The fraction of sp³-hybridized carbons (Fsp3) is 0.417. The summed E-state index contributed by atoms with van der Waals surface area (Å²) in [7, 11) is 0. The fourth-order valence-electron chi connectivity index (χ4n) is 3.77. The normalized spacial score (nSPS) is 18.7. The van der Waals surface area contributed by atoms with Gasteiger partial charge in [-0.3, -0.25) is 9.59 Å². The second-order valence-corrected chi connectivity index (χ2v) is 8.24. The predicted molar refractivity (Wildman–Crippen MR) is 112 cm³/mol. The molecule has 2 amide bonds. The molecule has 2 aliphatic rings. The Morgan fingerprint density at radius 2 is 1.90 bits per heavy atom. The lowest BCUT2D eigenvalue weighted by atomic mass is 9.98. The highest BCUT2D eigenvalue weighted by Gasteiger charge is 2.25. The van der Waals surface area contributed by atoms with Gasteiger partial charge in [-0.25, -0.2) is 4.39 Å². The number of nitrogens with zero attached hydrogens (tertiary/aromatic N) is 1. The van der Waals surface area contributed by atoms with E-state index >= 15 is 0 Å². The Morgan fingerprint density at radius 1 is 1.10 bits per heavy atom. The number of likely N-dealkylation sites (tertiary alicyclic amines) is 1. The molecule has 1 N–H and O–H groups in total. The Kier molecular flexibility index (Phi) is 6.31. The first kappa shape index (κ1) is 20.4. The van der Waals surface area contributed by atoms with E-state index in [0.29, 0.717) is 30.3 Å². The van der Waals surface area contributed by atoms with Crippen LogP contribution in [0, 0.1) is 11.7 Å². The fourth-order valence-corrected chi connectivity index (χ4v) is 3.77. The van der Waals surface area contributed by atoms with Crippen LogP contribution in [-0.2, 0) is 11.2 Å². The number of nitrogens with one attached hydrogen (secondary N) is 1. The van der Waals surface area contributed by atoms with E-state index in [9.17, 15) is 14.0 Å². The lowest BCUT2D eigenvalue weighted by molar-refractivity contribution is -0.132. The van der Waals surface area contributed by atoms with E-state index in [1.54, 1.807) is 24.3 Å². The molecule has 30 heavy (non-hydrogen) atoms. The van der Waals surface area contributed by atoms with Gasteiger partial charge in [-0.2, -0.15) is 0 Å². The van der Waals surface area contributed by atoms with E-state index in [2.05, 4.69) is 5.32 Å². The van der Waals surface area contributed by atoms with Crippen LogP contribution < -0.4 is 10.1 Å². The zero-order chi connectivity index (χ0) is 20.9. The van der Waals surface area contributed by atoms with E-state index in [-0.39, 0.29) is 30.0 Å². The average molecular weight is 410 g/mol. The Labute approximate surface area is 176 Å². The van der Waals surface area contributed by atoms with E-state index < -0.39 is 0 Å². The molecule has 5 nitrogen and oxygen atoms in total. The number of rotatable bonds is 7. The first-order chi connectivity index (χ1) is 14.6. The minimum absolute atomic E-state index is 0.0244. The first-order valence-corrected chi connectivity index (χ1v) is 10.6. The summed E-state index contributed by atoms with van der Waals surface area (Å²) in [6, 6.07) is 13.7. The van der Waals surface area contributed by atoms with E-state index in [1.165, 1.54) is 12.1 Å². The summed E-state index contributed by atoms with van der Waals surface area (Å²) in [6.45, 7) is 1.91. The Hall–Kier alpha value is -2.89. The molecule has 2 fully saturated rings. The highest BCUT2D eigenvalue weighted by atomic mass is 19.1. The summed E-state index contributed by atoms with van der Waals surface area (Å²) in [5.41, 5.74) is 1.34. The van der Waals surface area contributed by atoms with Gasteiger partial charge in [-0.05, 0) is 67.6 Å². The molecule has 0 spiro atoms. The van der Waals surface area contributed by atoms with Crippen molar-refractivity contribution < 1.29 is 18.7 Å². The molecule has 0 unspecified atom stereocenters. The molecule has 4 rings (SSSR count). The lowest BCUT2D eigenvalue weighted by Gasteiger charge is -2.32. The zero-order valence-corrected chi connectivity index (χ0v) is 17.0. The van der Waals surface area contributed by atoms with E-state index in [0.717, 1.165) is 38.0 Å². The van der Waals surface area contributed by atoms with Crippen LogP contribution in [0.4, 0.5) is 4.39 Å². The molecule has 1 atom stereocenters. The number of piperidine rings is 1. The molecule has 6 heteroatoms. The minimum Gasteiger partial charge on any atom is -0.493 e. The van der Waals surface area contributed by atoms with Crippen LogP contribution in [0.15, 0.2) is 48.5 Å². The number of halogens is 1. The van der Waals surface area contributed by atoms with Gasteiger partial charge in [0.25, 0.3) is 5.91 Å². The number of hydrogen-bond donors (Lipinski definition) is 1. The molecule has 1 aliphatic carbocycles. The van der Waals surface area contributed by atoms with Crippen LogP contribution >= 0.6 is 0 Å². The molecule has 1 aliphatic heterocycles. The van der Waals surface area contributed by atoms with Crippen LogP contribution in [0.1, 0.15) is 41.6 Å². The minimum atomic E-state index is -0.318. The van der Waals surface area contributed by atoms with Crippen LogP contribution in [-0.4, -0.2) is 42.5 Å². The summed E-state index contributed by atoms with van der Waals surface area (Å²) < 4.78 is 19.3. The molecule has 0 radical (unpaired) electrons. The van der Waals surface area contributed by atoms with Gasteiger partial charge in [0, 0.05) is 30.6 Å². The Bertz CT molecular complexity index is 896. The van der Waals surface area contributed by atoms with Crippen molar-refractivity contribution in [2.24, 2.45) is 5.92 Å². The molecular weight excluding hydrogens is 383 g/mol. The molecule has 158 valence electrons. The molecule has 0 aromatic heterocycles. The van der Waals surface area contributed by atoms with Gasteiger partial charge in [0.15, 0.2) is 0 Å². The van der Waals surface area contributed by atoms with Crippen molar-refractivity contribution in [3.05, 3.63) is 65.5 Å². The first-order valence-electron chi connectivity index (χ1n) is 10.6. The summed E-state index contributed by atoms with van der Waals surface area (Å²) in [6.07, 6.45) is 4.29. The van der Waals surface area contributed by atoms with Crippen molar-refractivity contribution in [1.29, 1.82) is 0 Å². The van der Waals surface area contributed by atoms with Gasteiger partial charge in [0.05, 0.1) is 13.0 Å². The lowest BCUT2D eigenvalue weighted by Crippen LogP contribution is -2.42. The largest absolute Gasteiger partial charge is 0.493 e. The maximum atomic E-state index is 13.3. The number of amides is 2. The monoisotopic (exact) mass is 410 g/mol. The van der Waals surface area contributed by atoms with Crippen LogP contribution in [0.5, 0.6) is 5.75 Å². The maximum absolute atomic E-state index is 13.3. The zero-order valence-electron chi connectivity index (χ0n) is 17.0. The van der Waals surface area contributed by atoms with Crippen molar-refractivity contribution >= 4 is 11.8 Å². The Morgan fingerprint density at radius 3 is 2.63 bits per heavy atom. The quantitative estimate of drug-likeness (QED) is 0.759. The number of carbonyl (C=O) groups is 2. The third kappa shape index (κ3) is 5.59. The van der Waals surface area contributed by atoms with Crippen LogP contribution in [0.3, 0.4) is 0 Å².